The lowest BCUT2D eigenvalue weighted by molar-refractivity contribution is 0.371. The van der Waals surface area contributed by atoms with Crippen molar-refractivity contribution in [2.45, 2.75) is 259 Å². The summed E-state index contributed by atoms with van der Waals surface area (Å²) in [6.45, 7) is 24.7. The fourth-order valence-electron chi connectivity index (χ4n) is 16.8. The highest BCUT2D eigenvalue weighted by atomic mass is 15.1. The lowest BCUT2D eigenvalue weighted by Gasteiger charge is -2.34. The fourth-order valence-corrected chi connectivity index (χ4v) is 16.8. The summed E-state index contributed by atoms with van der Waals surface area (Å²) >= 11 is 0. The summed E-state index contributed by atoms with van der Waals surface area (Å²) in [5, 5.41) is 0. The molecule has 0 heterocycles. The van der Waals surface area contributed by atoms with Gasteiger partial charge in [0.25, 0.3) is 0 Å². The van der Waals surface area contributed by atoms with Crippen molar-refractivity contribution in [3.8, 4) is 44.5 Å². The molecule has 2 nitrogen and oxygen atoms in total. The molecule has 0 aromatic heterocycles. The Bertz CT molecular complexity index is 3940. The molecule has 0 radical (unpaired) electrons. The highest BCUT2D eigenvalue weighted by molar-refractivity contribution is 5.92. The number of nitrogens with zero attached hydrogens (tertiary/aromatic N) is 2. The van der Waals surface area contributed by atoms with Crippen LogP contribution in [0.15, 0.2) is 201 Å². The van der Waals surface area contributed by atoms with Crippen LogP contribution in [0.1, 0.15) is 279 Å². The SMILES string of the molecule is C=Cc1ccc(N(c2ccc(C)cc2)c2ccc(-c3ccc4c(c3)C(C(CCCCCCCC)CCCCCCCC)c3cc5c(cc3-4)C(CCCCCCCC)(CCCCCCCC)c3cc(-c4ccc(N(c6ccc(C)cc6)c6ccc(C(C)(C)C)cc6)cc4)ccc3-5)cc2)cc1. The maximum absolute atomic E-state index is 4.06. The molecule has 0 amide bonds. The summed E-state index contributed by atoms with van der Waals surface area (Å²) in [4.78, 5) is 4.82. The van der Waals surface area contributed by atoms with Crippen molar-refractivity contribution in [3.05, 3.63) is 245 Å². The summed E-state index contributed by atoms with van der Waals surface area (Å²) in [5.41, 5.74) is 29.6. The second-order valence-electron chi connectivity index (χ2n) is 31.0. The molecule has 0 aliphatic heterocycles. The number of hydrogen-bond donors (Lipinski definition) is 0. The number of rotatable bonds is 38. The Kier molecular flexibility index (Phi) is 25.7. The molecule has 9 aromatic rings. The van der Waals surface area contributed by atoms with E-state index in [4.69, 9.17) is 0 Å². The Hall–Kier alpha value is -7.68. The average Bonchev–Trinajstić information content (AvgIpc) is 1.54. The maximum atomic E-state index is 4.06. The molecule has 0 saturated carbocycles. The number of benzene rings is 9. The monoisotopic (exact) mass is 1310 g/mol. The molecule has 0 fully saturated rings. The predicted molar refractivity (Wildman–Crippen MR) is 434 cm³/mol. The molecule has 0 spiro atoms. The third-order valence-electron chi connectivity index (χ3n) is 22.7. The first-order valence-electron chi connectivity index (χ1n) is 39.6. The minimum atomic E-state index is -0.0803. The molecular weight excluding hydrogens is 1190 g/mol. The van der Waals surface area contributed by atoms with Crippen molar-refractivity contribution in [1.29, 1.82) is 0 Å². The van der Waals surface area contributed by atoms with Gasteiger partial charge in [0.15, 0.2) is 0 Å². The molecule has 518 valence electrons. The van der Waals surface area contributed by atoms with Gasteiger partial charge < -0.3 is 9.80 Å². The van der Waals surface area contributed by atoms with Gasteiger partial charge in [0.1, 0.15) is 0 Å². The summed E-state index contributed by atoms with van der Waals surface area (Å²) < 4.78 is 0. The molecule has 0 N–H and O–H groups in total. The topological polar surface area (TPSA) is 6.48 Å². The first-order valence-corrected chi connectivity index (χ1v) is 39.6. The lowest BCUT2D eigenvalue weighted by Crippen LogP contribution is -2.26. The lowest BCUT2D eigenvalue weighted by atomic mass is 9.69. The number of hydrogen-bond acceptors (Lipinski definition) is 2. The van der Waals surface area contributed by atoms with E-state index in [-0.39, 0.29) is 10.8 Å². The van der Waals surface area contributed by atoms with E-state index in [9.17, 15) is 0 Å². The van der Waals surface area contributed by atoms with Gasteiger partial charge in [0.05, 0.1) is 0 Å². The van der Waals surface area contributed by atoms with E-state index in [1.165, 1.54) is 258 Å². The standard InChI is InChI=1S/C97H120N2/c1-11-16-20-24-28-32-36-77(37-33-29-25-21-17-12-2)95-91-68-78(75-44-58-84(59-45-75)98(81-52-38-72(6)39-53-81)83-56-42-74(15-5)43-57-83)48-64-87(91)89-71-94-90(70-92(89)95)88-65-49-79(69-93(88)97(94,66-34-30-26-22-18-13-3)67-35-31-27-23-19-14-4)76-46-60-85(61-47-76)99(82-54-40-73(7)41-55-82)86-62-50-80(51-63-86)96(8,9)10/h15,38-65,68-71,77,95H,5,11-14,16-37,66-67H2,1-4,6-10H3. The smallest absolute Gasteiger partial charge is 0.0462 e. The Morgan fingerprint density at radius 3 is 1.14 bits per heavy atom. The van der Waals surface area contributed by atoms with Crippen LogP contribution in [0.2, 0.25) is 0 Å². The van der Waals surface area contributed by atoms with Crippen LogP contribution < -0.4 is 9.80 Å². The van der Waals surface area contributed by atoms with Crippen LogP contribution in [0, 0.1) is 19.8 Å². The van der Waals surface area contributed by atoms with E-state index in [1.54, 1.807) is 22.3 Å². The summed E-state index contributed by atoms with van der Waals surface area (Å²) in [6, 6.07) is 76.2. The molecule has 0 bridgehead atoms. The number of anilines is 6. The van der Waals surface area contributed by atoms with Crippen LogP contribution in [0.4, 0.5) is 34.1 Å². The predicted octanol–water partition coefficient (Wildman–Crippen LogP) is 30.5. The largest absolute Gasteiger partial charge is 0.311 e. The third-order valence-corrected chi connectivity index (χ3v) is 22.7. The fraction of sp³-hybridized carbons (Fsp3) is 0.423. The van der Waals surface area contributed by atoms with Gasteiger partial charge in [0.2, 0.25) is 0 Å². The first kappa shape index (κ1) is 72.6. The van der Waals surface area contributed by atoms with Crippen LogP contribution in [-0.2, 0) is 10.8 Å². The number of fused-ring (bicyclic) bond motifs is 6. The van der Waals surface area contributed by atoms with Crippen LogP contribution in [0.25, 0.3) is 50.6 Å². The molecule has 11 rings (SSSR count). The summed E-state index contributed by atoms with van der Waals surface area (Å²) in [6.07, 6.45) is 38.5. The van der Waals surface area contributed by atoms with Gasteiger partial charge in [0, 0.05) is 45.5 Å². The minimum Gasteiger partial charge on any atom is -0.311 e. The van der Waals surface area contributed by atoms with E-state index >= 15 is 0 Å². The van der Waals surface area contributed by atoms with Gasteiger partial charge in [-0.15, -0.1) is 0 Å². The average molecular weight is 1310 g/mol. The van der Waals surface area contributed by atoms with Crippen LogP contribution in [-0.4, -0.2) is 0 Å². The zero-order chi connectivity index (χ0) is 69.1. The van der Waals surface area contributed by atoms with E-state index in [1.807, 2.05) is 6.08 Å². The highest BCUT2D eigenvalue weighted by Gasteiger charge is 2.45. The van der Waals surface area contributed by atoms with Gasteiger partial charge in [-0.2, -0.15) is 0 Å². The number of aryl methyl sites for hydroxylation is 2. The molecular formula is C97H120N2. The summed E-state index contributed by atoms with van der Waals surface area (Å²) in [5.74, 6) is 0.909. The van der Waals surface area contributed by atoms with Crippen LogP contribution in [0.3, 0.4) is 0 Å². The van der Waals surface area contributed by atoms with E-state index in [2.05, 4.69) is 273 Å². The second kappa shape index (κ2) is 35.1. The molecule has 1 atom stereocenters. The first-order chi connectivity index (χ1) is 48.4. The highest BCUT2D eigenvalue weighted by Crippen LogP contribution is 2.60. The van der Waals surface area contributed by atoms with Gasteiger partial charge in [-0.05, 0) is 226 Å². The van der Waals surface area contributed by atoms with E-state index < -0.39 is 0 Å². The van der Waals surface area contributed by atoms with Crippen molar-refractivity contribution in [2.24, 2.45) is 5.92 Å². The Labute approximate surface area is 600 Å². The van der Waals surface area contributed by atoms with Crippen molar-refractivity contribution in [1.82, 2.24) is 0 Å². The molecule has 2 aliphatic carbocycles. The normalized spacial score (nSPS) is 13.5. The minimum absolute atomic E-state index is 0.0803. The molecule has 99 heavy (non-hydrogen) atoms. The Morgan fingerprint density at radius 1 is 0.354 bits per heavy atom. The van der Waals surface area contributed by atoms with Crippen molar-refractivity contribution >= 4 is 40.2 Å². The molecule has 1 unspecified atom stereocenters. The van der Waals surface area contributed by atoms with Crippen molar-refractivity contribution in [3.63, 3.8) is 0 Å². The Balaban J connectivity index is 1.03. The zero-order valence-corrected chi connectivity index (χ0v) is 62.6. The van der Waals surface area contributed by atoms with Crippen molar-refractivity contribution in [2.75, 3.05) is 9.80 Å². The molecule has 0 saturated heterocycles. The van der Waals surface area contributed by atoms with Gasteiger partial charge >= 0.3 is 0 Å². The van der Waals surface area contributed by atoms with Gasteiger partial charge in [-0.1, -0.05) is 323 Å². The molecule has 2 aliphatic rings. The van der Waals surface area contributed by atoms with E-state index in [0.717, 1.165) is 22.6 Å². The quantitative estimate of drug-likeness (QED) is 0.0356. The third kappa shape index (κ3) is 17.6. The maximum Gasteiger partial charge on any atom is 0.0462 e. The van der Waals surface area contributed by atoms with Gasteiger partial charge in [-0.3, -0.25) is 0 Å². The molecule has 2 heteroatoms. The van der Waals surface area contributed by atoms with Crippen LogP contribution in [0.5, 0.6) is 0 Å². The molecule has 9 aromatic carbocycles. The second-order valence-corrected chi connectivity index (χ2v) is 31.0. The summed E-state index contributed by atoms with van der Waals surface area (Å²) in [7, 11) is 0. The van der Waals surface area contributed by atoms with Gasteiger partial charge in [-0.25, -0.2) is 0 Å². The Morgan fingerprint density at radius 2 is 0.707 bits per heavy atom. The number of unbranched alkanes of at least 4 members (excludes halogenated alkanes) is 20. The van der Waals surface area contributed by atoms with Crippen LogP contribution >= 0.6 is 0 Å². The van der Waals surface area contributed by atoms with E-state index in [0.29, 0.717) is 11.8 Å². The van der Waals surface area contributed by atoms with Crippen molar-refractivity contribution < 1.29 is 0 Å². The zero-order valence-electron chi connectivity index (χ0n) is 62.6.